The minimum absolute atomic E-state index is 0.180. The molecular weight excluding hydrogens is 368 g/mol. The summed E-state index contributed by atoms with van der Waals surface area (Å²) in [5.74, 6) is -0.232. The van der Waals surface area contributed by atoms with Gasteiger partial charge < -0.3 is 9.64 Å². The van der Waals surface area contributed by atoms with Crippen LogP contribution in [0, 0.1) is 0 Å². The third-order valence-electron chi connectivity index (χ3n) is 2.85. The number of thiophene rings is 1. The minimum atomic E-state index is -3.69. The Morgan fingerprint density at radius 1 is 1.50 bits per heavy atom. The van der Waals surface area contributed by atoms with Gasteiger partial charge >= 0.3 is 0 Å². The van der Waals surface area contributed by atoms with E-state index in [1.54, 1.807) is 23.3 Å². The van der Waals surface area contributed by atoms with Gasteiger partial charge in [-0.3, -0.25) is 4.79 Å². The number of hydrogen-bond donors (Lipinski definition) is 1. The Kier molecular flexibility index (Phi) is 5.19. The largest absolute Gasteiger partial charge is 0.378 e. The van der Waals surface area contributed by atoms with E-state index in [9.17, 15) is 13.2 Å². The zero-order valence-electron chi connectivity index (χ0n) is 10.8. The lowest BCUT2D eigenvalue weighted by molar-refractivity contribution is -0.136. The molecule has 112 valence electrons. The van der Waals surface area contributed by atoms with Gasteiger partial charge in [0, 0.05) is 17.6 Å². The highest BCUT2D eigenvalue weighted by atomic mass is 79.9. The number of carbonyl (C=O) groups is 1. The first kappa shape index (κ1) is 15.9. The lowest BCUT2D eigenvalue weighted by Gasteiger charge is -2.29. The summed E-state index contributed by atoms with van der Waals surface area (Å²) in [6, 6.07) is 0.861. The van der Waals surface area contributed by atoms with Crippen molar-refractivity contribution in [2.75, 3.05) is 26.3 Å². The third kappa shape index (κ3) is 3.59. The number of amides is 1. The molecule has 1 fully saturated rings. The second-order valence-electron chi connectivity index (χ2n) is 4.34. The topological polar surface area (TPSA) is 75.7 Å². The first-order valence-corrected chi connectivity index (χ1v) is 9.19. The normalized spacial score (nSPS) is 18.0. The fraction of sp³-hybridized carbons (Fsp3) is 0.545. The van der Waals surface area contributed by atoms with Gasteiger partial charge in [-0.25, -0.2) is 8.42 Å². The zero-order valence-corrected chi connectivity index (χ0v) is 14.1. The molecule has 1 aliphatic rings. The van der Waals surface area contributed by atoms with Gasteiger partial charge in [-0.2, -0.15) is 4.72 Å². The second kappa shape index (κ2) is 6.52. The van der Waals surface area contributed by atoms with E-state index < -0.39 is 16.1 Å². The molecule has 0 radical (unpaired) electrons. The predicted octanol–water partition coefficient (Wildman–Crippen LogP) is 1.04. The maximum Gasteiger partial charge on any atom is 0.251 e. The number of halogens is 1. The summed E-state index contributed by atoms with van der Waals surface area (Å²) in [6.45, 7) is 3.52. The van der Waals surface area contributed by atoms with Crippen molar-refractivity contribution in [3.05, 3.63) is 15.9 Å². The summed E-state index contributed by atoms with van der Waals surface area (Å²) in [7, 11) is -3.69. The van der Waals surface area contributed by atoms with Crippen LogP contribution in [-0.4, -0.2) is 51.6 Å². The molecule has 1 atom stereocenters. The molecule has 0 aromatic carbocycles. The van der Waals surface area contributed by atoms with E-state index in [1.165, 1.54) is 0 Å². The van der Waals surface area contributed by atoms with E-state index in [-0.39, 0.29) is 10.1 Å². The molecule has 2 heterocycles. The van der Waals surface area contributed by atoms with Gasteiger partial charge in [-0.1, -0.05) is 0 Å². The SMILES string of the molecule is CC(NS(=O)(=O)c1sccc1Br)C(=O)N1CCOCC1. The van der Waals surface area contributed by atoms with Crippen LogP contribution in [0.4, 0.5) is 0 Å². The molecule has 0 saturated carbocycles. The molecular formula is C11H15BrN2O4S2. The van der Waals surface area contributed by atoms with Crippen LogP contribution in [0.3, 0.4) is 0 Å². The van der Waals surface area contributed by atoms with Gasteiger partial charge in [0.25, 0.3) is 10.0 Å². The fourth-order valence-electron chi connectivity index (χ4n) is 1.87. The summed E-state index contributed by atoms with van der Waals surface area (Å²) in [4.78, 5) is 13.8. The molecule has 0 bridgehead atoms. The smallest absolute Gasteiger partial charge is 0.251 e. The van der Waals surface area contributed by atoms with E-state index in [4.69, 9.17) is 4.74 Å². The Balaban J connectivity index is 2.05. The molecule has 2 rings (SSSR count). The predicted molar refractivity (Wildman–Crippen MR) is 79.2 cm³/mol. The summed E-state index contributed by atoms with van der Waals surface area (Å²) in [5.41, 5.74) is 0. The highest BCUT2D eigenvalue weighted by Gasteiger charge is 2.28. The monoisotopic (exact) mass is 382 g/mol. The quantitative estimate of drug-likeness (QED) is 0.843. The van der Waals surface area contributed by atoms with Crippen molar-refractivity contribution in [1.82, 2.24) is 9.62 Å². The third-order valence-corrected chi connectivity index (χ3v) is 7.06. The lowest BCUT2D eigenvalue weighted by Crippen LogP contribution is -2.50. The number of carbonyl (C=O) groups excluding carboxylic acids is 1. The van der Waals surface area contributed by atoms with E-state index in [0.717, 1.165) is 11.3 Å². The molecule has 1 N–H and O–H groups in total. The van der Waals surface area contributed by atoms with Gasteiger partial charge in [-0.05, 0) is 34.3 Å². The molecule has 1 amide bonds. The molecule has 6 nitrogen and oxygen atoms in total. The van der Waals surface area contributed by atoms with Crippen molar-refractivity contribution in [1.29, 1.82) is 0 Å². The fourth-order valence-corrected chi connectivity index (χ4v) is 5.42. The van der Waals surface area contributed by atoms with Crippen LogP contribution in [0.1, 0.15) is 6.92 Å². The highest BCUT2D eigenvalue weighted by molar-refractivity contribution is 9.10. The average Bonchev–Trinajstić information content (AvgIpc) is 2.85. The summed E-state index contributed by atoms with van der Waals surface area (Å²) >= 11 is 4.29. The van der Waals surface area contributed by atoms with Crippen molar-refractivity contribution >= 4 is 43.2 Å². The summed E-state index contributed by atoms with van der Waals surface area (Å²) < 4.78 is 32.6. The molecule has 1 saturated heterocycles. The molecule has 20 heavy (non-hydrogen) atoms. The van der Waals surface area contributed by atoms with Crippen LogP contribution in [0.5, 0.6) is 0 Å². The van der Waals surface area contributed by atoms with Crippen LogP contribution in [-0.2, 0) is 19.6 Å². The van der Waals surface area contributed by atoms with Crippen LogP contribution >= 0.6 is 27.3 Å². The number of rotatable bonds is 4. The van der Waals surface area contributed by atoms with Crippen molar-refractivity contribution in [3.63, 3.8) is 0 Å². The van der Waals surface area contributed by atoms with E-state index in [2.05, 4.69) is 20.7 Å². The first-order chi connectivity index (χ1) is 9.42. The molecule has 0 spiro atoms. The van der Waals surface area contributed by atoms with Gasteiger partial charge in [0.05, 0.1) is 19.3 Å². The first-order valence-electron chi connectivity index (χ1n) is 6.03. The second-order valence-corrected chi connectivity index (χ2v) is 8.02. The van der Waals surface area contributed by atoms with E-state index >= 15 is 0 Å². The van der Waals surface area contributed by atoms with Crippen molar-refractivity contribution in [2.24, 2.45) is 0 Å². The van der Waals surface area contributed by atoms with Crippen LogP contribution in [0.2, 0.25) is 0 Å². The minimum Gasteiger partial charge on any atom is -0.378 e. The van der Waals surface area contributed by atoms with Crippen LogP contribution in [0.25, 0.3) is 0 Å². The van der Waals surface area contributed by atoms with Gasteiger partial charge in [0.1, 0.15) is 4.21 Å². The lowest BCUT2D eigenvalue weighted by atomic mass is 10.3. The standard InChI is InChI=1S/C11H15BrN2O4S2/c1-8(10(15)14-3-5-18-6-4-14)13-20(16,17)11-9(12)2-7-19-11/h2,7-8,13H,3-6H2,1H3. The zero-order chi connectivity index (χ0) is 14.8. The maximum absolute atomic E-state index is 12.2. The molecule has 1 unspecified atom stereocenters. The molecule has 0 aliphatic carbocycles. The number of sulfonamides is 1. The Morgan fingerprint density at radius 3 is 2.70 bits per heavy atom. The number of morpholine rings is 1. The van der Waals surface area contributed by atoms with E-state index in [0.29, 0.717) is 30.8 Å². The average molecular weight is 383 g/mol. The Labute approximate surface area is 130 Å². The van der Waals surface area contributed by atoms with Crippen molar-refractivity contribution in [3.8, 4) is 0 Å². The maximum atomic E-state index is 12.2. The molecule has 9 heteroatoms. The van der Waals surface area contributed by atoms with E-state index in [1.807, 2.05) is 0 Å². The van der Waals surface area contributed by atoms with Gasteiger partial charge in [0.15, 0.2) is 0 Å². The molecule has 1 aromatic rings. The Bertz CT molecular complexity index is 581. The summed E-state index contributed by atoms with van der Waals surface area (Å²) in [5, 5.41) is 1.67. The van der Waals surface area contributed by atoms with Crippen molar-refractivity contribution < 1.29 is 17.9 Å². The number of nitrogens with zero attached hydrogens (tertiary/aromatic N) is 1. The number of nitrogens with one attached hydrogen (secondary N) is 1. The van der Waals surface area contributed by atoms with Crippen molar-refractivity contribution in [2.45, 2.75) is 17.2 Å². The van der Waals surface area contributed by atoms with Crippen LogP contribution < -0.4 is 4.72 Å². The van der Waals surface area contributed by atoms with Crippen LogP contribution in [0.15, 0.2) is 20.1 Å². The molecule has 1 aliphatic heterocycles. The van der Waals surface area contributed by atoms with Gasteiger partial charge in [-0.15, -0.1) is 11.3 Å². The Morgan fingerprint density at radius 2 is 2.15 bits per heavy atom. The highest BCUT2D eigenvalue weighted by Crippen LogP contribution is 2.27. The van der Waals surface area contributed by atoms with Gasteiger partial charge in [0.2, 0.25) is 5.91 Å². The number of hydrogen-bond acceptors (Lipinski definition) is 5. The Hall–Kier alpha value is -0.480. The molecule has 1 aromatic heterocycles. The number of ether oxygens (including phenoxy) is 1. The summed E-state index contributed by atoms with van der Waals surface area (Å²) in [6.07, 6.45) is 0.